The van der Waals surface area contributed by atoms with Crippen LogP contribution in [0.2, 0.25) is 0 Å². The summed E-state index contributed by atoms with van der Waals surface area (Å²) in [5, 5.41) is 0. The lowest BCUT2D eigenvalue weighted by molar-refractivity contribution is 0.861. The SMILES string of the molecule is C=CC=CC=CCCCC=C(C)N. The molecule has 0 amide bonds. The minimum atomic E-state index is 0.913. The van der Waals surface area contributed by atoms with Crippen molar-refractivity contribution in [3.63, 3.8) is 0 Å². The summed E-state index contributed by atoms with van der Waals surface area (Å²) in [6.07, 6.45) is 15.3. The molecule has 72 valence electrons. The minimum Gasteiger partial charge on any atom is -0.403 e. The molecule has 0 aromatic heterocycles. The Bertz CT molecular complexity index is 205. The second-order valence-electron chi connectivity index (χ2n) is 2.93. The summed E-state index contributed by atoms with van der Waals surface area (Å²) in [5.41, 5.74) is 6.41. The lowest BCUT2D eigenvalue weighted by atomic mass is 10.2. The van der Waals surface area contributed by atoms with Crippen LogP contribution in [0.25, 0.3) is 0 Å². The number of hydrogen-bond acceptors (Lipinski definition) is 1. The van der Waals surface area contributed by atoms with Crippen molar-refractivity contribution in [3.8, 4) is 0 Å². The molecule has 1 nitrogen and oxygen atoms in total. The first-order chi connectivity index (χ1) is 6.27. The van der Waals surface area contributed by atoms with E-state index >= 15 is 0 Å². The third-order valence-electron chi connectivity index (χ3n) is 1.54. The highest BCUT2D eigenvalue weighted by molar-refractivity contribution is 5.08. The van der Waals surface area contributed by atoms with Gasteiger partial charge in [-0.1, -0.05) is 43.0 Å². The van der Waals surface area contributed by atoms with Crippen LogP contribution in [0.4, 0.5) is 0 Å². The van der Waals surface area contributed by atoms with E-state index in [4.69, 9.17) is 5.73 Å². The van der Waals surface area contributed by atoms with E-state index in [9.17, 15) is 0 Å². The third kappa shape index (κ3) is 10.8. The van der Waals surface area contributed by atoms with Crippen molar-refractivity contribution in [2.45, 2.75) is 26.2 Å². The zero-order chi connectivity index (χ0) is 9.94. The molecular weight excluding hydrogens is 158 g/mol. The number of allylic oxidation sites excluding steroid dienone is 7. The second-order valence-corrected chi connectivity index (χ2v) is 2.93. The maximum atomic E-state index is 5.49. The molecule has 0 aliphatic heterocycles. The van der Waals surface area contributed by atoms with E-state index in [0.717, 1.165) is 25.0 Å². The predicted molar refractivity (Wildman–Crippen MR) is 60.3 cm³/mol. The van der Waals surface area contributed by atoms with Gasteiger partial charge in [0, 0.05) is 5.70 Å². The largest absolute Gasteiger partial charge is 0.403 e. The lowest BCUT2D eigenvalue weighted by Gasteiger charge is -1.91. The summed E-state index contributed by atoms with van der Waals surface area (Å²) in [7, 11) is 0. The Balaban J connectivity index is 3.35. The summed E-state index contributed by atoms with van der Waals surface area (Å²) in [6, 6.07) is 0. The molecule has 0 rings (SSSR count). The van der Waals surface area contributed by atoms with Crippen LogP contribution in [0, 0.1) is 0 Å². The summed E-state index contributed by atoms with van der Waals surface area (Å²) in [6.45, 7) is 5.50. The van der Waals surface area contributed by atoms with Crippen LogP contribution in [0.5, 0.6) is 0 Å². The van der Waals surface area contributed by atoms with Crippen LogP contribution in [0.1, 0.15) is 26.2 Å². The van der Waals surface area contributed by atoms with Crippen LogP contribution < -0.4 is 5.73 Å². The van der Waals surface area contributed by atoms with Gasteiger partial charge in [0.15, 0.2) is 0 Å². The second kappa shape index (κ2) is 8.85. The van der Waals surface area contributed by atoms with Crippen molar-refractivity contribution in [3.05, 3.63) is 48.7 Å². The Kier molecular flexibility index (Phi) is 8.01. The van der Waals surface area contributed by atoms with Gasteiger partial charge in [0.25, 0.3) is 0 Å². The van der Waals surface area contributed by atoms with E-state index in [1.165, 1.54) is 0 Å². The van der Waals surface area contributed by atoms with Crippen molar-refractivity contribution in [1.29, 1.82) is 0 Å². The first kappa shape index (κ1) is 11.8. The highest BCUT2D eigenvalue weighted by atomic mass is 14.5. The van der Waals surface area contributed by atoms with Crippen molar-refractivity contribution in [2.75, 3.05) is 0 Å². The predicted octanol–water partition coefficient (Wildman–Crippen LogP) is 3.32. The molecule has 0 bridgehead atoms. The van der Waals surface area contributed by atoms with Gasteiger partial charge in [-0.05, 0) is 26.2 Å². The van der Waals surface area contributed by atoms with Crippen molar-refractivity contribution in [1.82, 2.24) is 0 Å². The number of unbranched alkanes of at least 4 members (excludes halogenated alkanes) is 2. The average molecular weight is 177 g/mol. The molecule has 2 N–H and O–H groups in total. The zero-order valence-corrected chi connectivity index (χ0v) is 8.37. The van der Waals surface area contributed by atoms with Crippen LogP contribution in [0.15, 0.2) is 48.7 Å². The summed E-state index contributed by atoms with van der Waals surface area (Å²) >= 11 is 0. The molecule has 0 aliphatic carbocycles. The zero-order valence-electron chi connectivity index (χ0n) is 8.37. The van der Waals surface area contributed by atoms with Gasteiger partial charge in [0.2, 0.25) is 0 Å². The van der Waals surface area contributed by atoms with Gasteiger partial charge in [-0.15, -0.1) is 0 Å². The molecule has 0 aromatic carbocycles. The Morgan fingerprint density at radius 3 is 2.62 bits per heavy atom. The van der Waals surface area contributed by atoms with Crippen LogP contribution in [0.3, 0.4) is 0 Å². The van der Waals surface area contributed by atoms with E-state index in [1.54, 1.807) is 6.08 Å². The van der Waals surface area contributed by atoms with Gasteiger partial charge < -0.3 is 5.73 Å². The molecule has 13 heavy (non-hydrogen) atoms. The molecule has 0 heterocycles. The van der Waals surface area contributed by atoms with Gasteiger partial charge >= 0.3 is 0 Å². The maximum Gasteiger partial charge on any atom is 0.000833 e. The standard InChI is InChI=1S/C12H19N/c1-3-4-5-6-7-8-9-10-11-12(2)13/h3-7,11H,1,8-10,13H2,2H3. The van der Waals surface area contributed by atoms with E-state index in [0.29, 0.717) is 0 Å². The molecule has 0 spiro atoms. The third-order valence-corrected chi connectivity index (χ3v) is 1.54. The first-order valence-corrected chi connectivity index (χ1v) is 4.64. The average Bonchev–Trinajstić information content (AvgIpc) is 2.09. The van der Waals surface area contributed by atoms with Gasteiger partial charge in [-0.3, -0.25) is 0 Å². The normalized spacial score (nSPS) is 12.8. The van der Waals surface area contributed by atoms with Gasteiger partial charge in [-0.25, -0.2) is 0 Å². The minimum absolute atomic E-state index is 0.913. The monoisotopic (exact) mass is 177 g/mol. The molecule has 0 saturated carbocycles. The fraction of sp³-hybridized carbons (Fsp3) is 0.333. The van der Waals surface area contributed by atoms with Crippen molar-refractivity contribution in [2.24, 2.45) is 5.73 Å². The van der Waals surface area contributed by atoms with Gasteiger partial charge in [-0.2, -0.15) is 0 Å². The van der Waals surface area contributed by atoms with E-state index in [1.807, 2.05) is 25.2 Å². The van der Waals surface area contributed by atoms with Crippen LogP contribution in [-0.2, 0) is 0 Å². The fourth-order valence-electron chi connectivity index (χ4n) is 0.883. The molecule has 0 unspecified atom stereocenters. The Morgan fingerprint density at radius 2 is 2.00 bits per heavy atom. The number of nitrogens with two attached hydrogens (primary N) is 1. The lowest BCUT2D eigenvalue weighted by Crippen LogP contribution is -1.89. The molecule has 0 atom stereocenters. The van der Waals surface area contributed by atoms with E-state index in [2.05, 4.69) is 18.7 Å². The molecule has 0 fully saturated rings. The Hall–Kier alpha value is -1.24. The first-order valence-electron chi connectivity index (χ1n) is 4.64. The summed E-state index contributed by atoms with van der Waals surface area (Å²) < 4.78 is 0. The van der Waals surface area contributed by atoms with Crippen LogP contribution in [-0.4, -0.2) is 0 Å². The highest BCUT2D eigenvalue weighted by Gasteiger charge is 1.81. The topological polar surface area (TPSA) is 26.0 Å². The summed E-state index contributed by atoms with van der Waals surface area (Å²) in [4.78, 5) is 0. The quantitative estimate of drug-likeness (QED) is 0.489. The maximum absolute atomic E-state index is 5.49. The molecule has 0 saturated heterocycles. The molecule has 0 aliphatic rings. The summed E-state index contributed by atoms with van der Waals surface area (Å²) in [5.74, 6) is 0. The molecule has 0 aromatic rings. The highest BCUT2D eigenvalue weighted by Crippen LogP contribution is 1.99. The van der Waals surface area contributed by atoms with E-state index in [-0.39, 0.29) is 0 Å². The molecular formula is C12H19N. The Labute approximate surface area is 81.3 Å². The number of rotatable bonds is 6. The number of hydrogen-bond donors (Lipinski definition) is 1. The smallest absolute Gasteiger partial charge is 0.000833 e. The van der Waals surface area contributed by atoms with Gasteiger partial charge in [0.1, 0.15) is 0 Å². The molecule has 0 radical (unpaired) electrons. The van der Waals surface area contributed by atoms with E-state index < -0.39 is 0 Å². The van der Waals surface area contributed by atoms with Crippen molar-refractivity contribution >= 4 is 0 Å². The van der Waals surface area contributed by atoms with Crippen LogP contribution >= 0.6 is 0 Å². The van der Waals surface area contributed by atoms with Gasteiger partial charge in [0.05, 0.1) is 0 Å². The Morgan fingerprint density at radius 1 is 1.23 bits per heavy atom. The fourth-order valence-corrected chi connectivity index (χ4v) is 0.883. The van der Waals surface area contributed by atoms with Crippen molar-refractivity contribution < 1.29 is 0 Å². The molecule has 1 heteroatoms.